The van der Waals surface area contributed by atoms with Gasteiger partial charge in [0.25, 0.3) is 0 Å². The molecule has 8 rings (SSSR count). The van der Waals surface area contributed by atoms with Crippen molar-refractivity contribution >= 4 is 85.7 Å². The molecule has 0 aliphatic heterocycles. The van der Waals surface area contributed by atoms with E-state index in [0.717, 1.165) is 66.8 Å². The van der Waals surface area contributed by atoms with Gasteiger partial charge in [0, 0.05) is 89.7 Å². The van der Waals surface area contributed by atoms with Crippen LogP contribution in [0.3, 0.4) is 0 Å². The fourth-order valence-electron chi connectivity index (χ4n) is 8.46. The highest BCUT2D eigenvalue weighted by molar-refractivity contribution is 7.93. The zero-order valence-electron chi connectivity index (χ0n) is 66.1. The molecule has 0 aromatic heterocycles. The normalized spacial score (nSPS) is 8.38. The summed E-state index contributed by atoms with van der Waals surface area (Å²) in [5.74, 6) is 34.6. The maximum Gasteiger partial charge on any atom is 0.330 e. The van der Waals surface area contributed by atoms with Crippen molar-refractivity contribution in [1.82, 2.24) is 15.5 Å². The zero-order chi connectivity index (χ0) is 83.7. The van der Waals surface area contributed by atoms with E-state index < -0.39 is 9.84 Å². The average molecular weight is 1570 g/mol. The molecule has 0 saturated carbocycles. The van der Waals surface area contributed by atoms with E-state index in [1.165, 1.54) is 54.0 Å². The fraction of sp³-hybridized carbons (Fsp3) is 0.192. The van der Waals surface area contributed by atoms with Gasteiger partial charge >= 0.3 is 5.97 Å². The van der Waals surface area contributed by atoms with Gasteiger partial charge in [0.15, 0.2) is 9.84 Å². The topological polar surface area (TPSA) is 139 Å². The predicted octanol–water partition coefficient (Wildman–Crippen LogP) is 19.1. The van der Waals surface area contributed by atoms with Gasteiger partial charge in [0.1, 0.15) is 0 Å². The number of nitrogens with one attached hydrogen (secondary N) is 2. The Bertz CT molecular complexity index is 5030. The lowest BCUT2D eigenvalue weighted by Gasteiger charge is -2.18. The third kappa shape index (κ3) is 52.5. The molecule has 0 saturated heterocycles. The highest BCUT2D eigenvalue weighted by atomic mass is 35.5. The lowest BCUT2D eigenvalue weighted by atomic mass is 9.97. The maximum atomic E-state index is 11.8. The van der Waals surface area contributed by atoms with Crippen LogP contribution in [0.25, 0.3) is 56.7 Å². The van der Waals surface area contributed by atoms with E-state index in [0.29, 0.717) is 23.1 Å². The summed E-state index contributed by atoms with van der Waals surface area (Å²) in [6.07, 6.45) is 45.5. The van der Waals surface area contributed by atoms with Crippen molar-refractivity contribution in [1.29, 1.82) is 0 Å². The third-order valence-electron chi connectivity index (χ3n) is 13.4. The monoisotopic (exact) mass is 1570 g/mol. The Labute approximate surface area is 699 Å². The molecule has 15 heteroatoms. The first-order valence-corrected chi connectivity index (χ1v) is 35.8. The minimum Gasteiger partial charge on any atom is -0.466 e. The van der Waals surface area contributed by atoms with E-state index in [2.05, 4.69) is 180 Å². The van der Waals surface area contributed by atoms with Crippen LogP contribution in [0.2, 0.25) is 10.0 Å². The third-order valence-corrected chi connectivity index (χ3v) is 14.7. The lowest BCUT2D eigenvalue weighted by Crippen LogP contribution is -2.35. The number of amides is 3. The Morgan fingerprint density at radius 2 is 0.860 bits per heavy atom. The van der Waals surface area contributed by atoms with Gasteiger partial charge < -0.3 is 20.3 Å². The molecule has 580 valence electrons. The van der Waals surface area contributed by atoms with Crippen LogP contribution in [0, 0.1) is 174 Å². The number of hydrogen-bond donors (Lipinski definition) is 2. The number of hydrogen-bond acceptors (Lipinski definition) is 7. The molecule has 0 aliphatic carbocycles. The number of rotatable bonds is 14. The molecule has 0 unspecified atom stereocenters. The van der Waals surface area contributed by atoms with Crippen LogP contribution >= 0.6 is 23.2 Å². The van der Waals surface area contributed by atoms with Crippen LogP contribution in [-0.4, -0.2) is 80.8 Å². The van der Waals surface area contributed by atoms with E-state index in [9.17, 15) is 27.6 Å². The van der Waals surface area contributed by atoms with Crippen molar-refractivity contribution in [3.8, 4) is 191 Å². The Balaban J connectivity index is -0.000000238. The number of sulfone groups is 1. The van der Waals surface area contributed by atoms with Crippen LogP contribution in [0.1, 0.15) is 108 Å². The molecule has 0 fully saturated rings. The number of esters is 1. The number of aryl methyl sites for hydroxylation is 4. The van der Waals surface area contributed by atoms with Crippen LogP contribution in [-0.2, 0) is 46.8 Å². The minimum atomic E-state index is -3.11. The Morgan fingerprint density at radius 3 is 1.26 bits per heavy atom. The first kappa shape index (κ1) is 114. The Morgan fingerprint density at radius 1 is 0.474 bits per heavy atom. The molecule has 3 amide bonds. The van der Waals surface area contributed by atoms with Gasteiger partial charge in [-0.25, -0.2) is 13.2 Å². The summed E-state index contributed by atoms with van der Waals surface area (Å²) in [4.78, 5) is 47.0. The van der Waals surface area contributed by atoms with Gasteiger partial charge in [-0.2, -0.15) is 0 Å². The number of benzene rings is 8. The molecule has 114 heavy (non-hydrogen) atoms. The van der Waals surface area contributed by atoms with Gasteiger partial charge in [-0.3, -0.25) is 14.4 Å². The first-order valence-electron chi connectivity index (χ1n) is 33.1. The number of nitrogens with zero attached hydrogens (tertiary/aromatic N) is 1. The van der Waals surface area contributed by atoms with Crippen molar-refractivity contribution in [2.45, 2.75) is 104 Å². The van der Waals surface area contributed by atoms with Gasteiger partial charge in [0.2, 0.25) is 17.7 Å². The molecule has 6 radical (unpaired) electrons. The second-order valence-corrected chi connectivity index (χ2v) is 24.6. The van der Waals surface area contributed by atoms with Crippen molar-refractivity contribution < 1.29 is 32.3 Å². The summed E-state index contributed by atoms with van der Waals surface area (Å²) in [6, 6.07) is 60.0. The van der Waals surface area contributed by atoms with Crippen LogP contribution in [0.15, 0.2) is 193 Å². The van der Waals surface area contributed by atoms with Crippen LogP contribution < -0.4 is 10.6 Å². The molecular weight excluding hydrogens is 1470 g/mol. The second-order valence-electron chi connectivity index (χ2n) is 21.9. The summed E-state index contributed by atoms with van der Waals surface area (Å²) in [7, 11) is 0.0747. The molecule has 0 heterocycles. The molecule has 0 atom stereocenters. The summed E-state index contributed by atoms with van der Waals surface area (Å²) in [5.41, 5.74) is 16.9. The molecule has 0 spiro atoms. The fourth-order valence-corrected chi connectivity index (χ4v) is 9.33. The smallest absolute Gasteiger partial charge is 0.330 e. The summed E-state index contributed by atoms with van der Waals surface area (Å²) in [5, 5.41) is 7.88. The second kappa shape index (κ2) is 71.1. The van der Waals surface area contributed by atoms with Crippen LogP contribution in [0.5, 0.6) is 0 Å². The number of halogens is 2. The number of terminal acetylenes is 7. The first-order chi connectivity index (χ1) is 52.7. The van der Waals surface area contributed by atoms with Gasteiger partial charge in [-0.05, 0) is 201 Å². The van der Waals surface area contributed by atoms with E-state index in [-0.39, 0.29) is 61.9 Å². The highest BCUT2D eigenvalue weighted by Gasteiger charge is 2.13. The number of ether oxygens (including phenoxy) is 1. The van der Waals surface area contributed by atoms with Crippen molar-refractivity contribution in [3.63, 3.8) is 0 Å². The zero-order valence-corrected chi connectivity index (χ0v) is 68.4. The van der Waals surface area contributed by atoms with E-state index in [1.54, 1.807) is 44.7 Å². The number of carbonyl (C=O) groups excluding carboxylic acids is 4. The van der Waals surface area contributed by atoms with Crippen molar-refractivity contribution in [3.05, 3.63) is 248 Å². The summed E-state index contributed by atoms with van der Waals surface area (Å²) in [6.45, 7) is 20.8. The van der Waals surface area contributed by atoms with Crippen molar-refractivity contribution in [2.24, 2.45) is 0 Å². The maximum absolute atomic E-state index is 11.8. The van der Waals surface area contributed by atoms with Gasteiger partial charge in [-0.15, -0.1) is 75.6 Å². The Hall–Kier alpha value is -13.5. The largest absolute Gasteiger partial charge is 0.466 e. The SMILES string of the molecule is C.C.C#C.C#C.C#CC.C#CC#CC.C#CC#CC#C.C#CC#CC#CC.CC#CC.CC(=O)N(C)Cc1ccc(C)cc1-c1ccccc1.CC(=O)NCC(=O)NCc1ccc(C)cc1-c1ccccc1Cl.COC(=O)/C=C/c1cc(C)ccc1-c1ccccc1Cl.Cc1ccc(-c2ccccc2)c(/C=C/S(C)(=O)=O)c1.[B].[B]. The highest BCUT2D eigenvalue weighted by Crippen LogP contribution is 2.34. The van der Waals surface area contributed by atoms with E-state index >= 15 is 0 Å². The van der Waals surface area contributed by atoms with Gasteiger partial charge in [-0.1, -0.05) is 242 Å². The lowest BCUT2D eigenvalue weighted by molar-refractivity contribution is -0.134. The molecule has 2 N–H and O–H groups in total. The summed E-state index contributed by atoms with van der Waals surface area (Å²) < 4.78 is 27.1. The number of methoxy groups -OCH3 is 1. The Kier molecular flexibility index (Phi) is 71.0. The molecule has 10 nitrogen and oxygen atoms in total. The quantitative estimate of drug-likeness (QED) is 0.0478. The average Bonchev–Trinajstić information content (AvgIpc) is 0.855. The van der Waals surface area contributed by atoms with E-state index in [1.807, 2.05) is 187 Å². The molecule has 8 aromatic carbocycles. The minimum absolute atomic E-state index is 0. The van der Waals surface area contributed by atoms with Crippen molar-refractivity contribution in [2.75, 3.05) is 27.0 Å². The van der Waals surface area contributed by atoms with Gasteiger partial charge in [0.05, 0.1) is 13.7 Å². The number of carbonyl (C=O) groups is 4. The molecular formula is C99H101B2Cl2N3O7S. The molecule has 0 aliphatic rings. The van der Waals surface area contributed by atoms with E-state index in [4.69, 9.17) is 48.9 Å². The standard InChI is InChI=1S/C18H19ClN2O2.C17H15ClO2.C17H19NO.C16H16O2S.C7H4.C6H2.C5H4.C4H6.C3H4.2C2H2.2CH4.2B/c1-12-7-8-14(10-21-18(23)11-20-13(2)22)16(9-12)15-5-3-4-6-17(15)19;1-12-7-9-14(15-5-3-4-6-16(15)18)13(11-12)8-10-17(19)20-2;1-13-9-10-16(12-18(3)14(2)19)17(11-13)15-7-5-4-6-8-15;1-13-8-9-16(14-6-4-3-5-7-14)15(12-13)10-11-19(2,17)18;1-3-5-7-6-4-2;1-3-5-6-4-2;1-3-5-4-2;1-3-4-2;1-3-2;2*1-2;;;;/h3-9H,10-11H2,1-2H3,(H,20,22)(H,21,23);3-11H,1-2H3;4-11H,12H2,1-3H3;3-12H,1-2H3;1H,2H3;1-2H;1H,2H3;1-2H3;1H,2H3;2*1-2H;2*1H4;;/b;10-8+;;11-10+;;;;;;;;;;;. The molecule has 8 aromatic rings. The molecule has 0 bridgehead atoms. The predicted molar refractivity (Wildman–Crippen MR) is 490 cm³/mol. The van der Waals surface area contributed by atoms with Crippen LogP contribution in [0.4, 0.5) is 0 Å². The summed E-state index contributed by atoms with van der Waals surface area (Å²) >= 11 is 12.5.